The summed E-state index contributed by atoms with van der Waals surface area (Å²) >= 11 is 0. The molecule has 0 radical (unpaired) electrons. The van der Waals surface area contributed by atoms with Crippen LogP contribution < -0.4 is 5.32 Å². The standard InChI is InChI=1S/C7H12N2O/c1-5-6-3-2-4-9(6)7(10)8-5/h5-6H,2-4H2,1H3,(H,8,10). The molecular weight excluding hydrogens is 128 g/mol. The first-order valence-electron chi connectivity index (χ1n) is 3.86. The molecule has 1 N–H and O–H groups in total. The van der Waals surface area contributed by atoms with E-state index in [0.29, 0.717) is 12.1 Å². The van der Waals surface area contributed by atoms with Gasteiger partial charge >= 0.3 is 6.03 Å². The molecule has 2 rings (SSSR count). The number of carbonyl (C=O) groups is 1. The summed E-state index contributed by atoms with van der Waals surface area (Å²) in [5, 5.41) is 2.91. The minimum Gasteiger partial charge on any atom is -0.333 e. The Morgan fingerprint density at radius 2 is 2.50 bits per heavy atom. The molecule has 0 saturated carbocycles. The van der Waals surface area contributed by atoms with Crippen molar-refractivity contribution in [3.05, 3.63) is 0 Å². The van der Waals surface area contributed by atoms with E-state index in [0.717, 1.165) is 6.54 Å². The van der Waals surface area contributed by atoms with E-state index in [4.69, 9.17) is 0 Å². The van der Waals surface area contributed by atoms with E-state index >= 15 is 0 Å². The third kappa shape index (κ3) is 0.632. The molecule has 0 spiro atoms. The first-order chi connectivity index (χ1) is 4.79. The van der Waals surface area contributed by atoms with Gasteiger partial charge in [0, 0.05) is 12.6 Å². The Bertz CT molecular complexity index is 169. The molecule has 0 aliphatic carbocycles. The van der Waals surface area contributed by atoms with Crippen molar-refractivity contribution in [2.45, 2.75) is 31.8 Å². The summed E-state index contributed by atoms with van der Waals surface area (Å²) in [6, 6.07) is 0.998. The van der Waals surface area contributed by atoms with Gasteiger partial charge in [-0.05, 0) is 19.8 Å². The van der Waals surface area contributed by atoms with Gasteiger partial charge < -0.3 is 10.2 Å². The van der Waals surface area contributed by atoms with Crippen LogP contribution in [0.1, 0.15) is 19.8 Å². The fraction of sp³-hybridized carbons (Fsp3) is 0.857. The Labute approximate surface area is 60.4 Å². The largest absolute Gasteiger partial charge is 0.333 e. The Morgan fingerprint density at radius 1 is 1.70 bits per heavy atom. The highest BCUT2D eigenvalue weighted by atomic mass is 16.2. The number of hydrogen-bond donors (Lipinski definition) is 1. The lowest BCUT2D eigenvalue weighted by atomic mass is 10.1. The molecule has 0 aromatic heterocycles. The fourth-order valence-corrected chi connectivity index (χ4v) is 1.94. The number of fused-ring (bicyclic) bond motifs is 1. The van der Waals surface area contributed by atoms with Gasteiger partial charge in [0.15, 0.2) is 0 Å². The maximum Gasteiger partial charge on any atom is 0.317 e. The van der Waals surface area contributed by atoms with E-state index < -0.39 is 0 Å². The van der Waals surface area contributed by atoms with Gasteiger partial charge in [-0.2, -0.15) is 0 Å². The van der Waals surface area contributed by atoms with E-state index in [9.17, 15) is 4.79 Å². The molecule has 2 saturated heterocycles. The highest BCUT2D eigenvalue weighted by Gasteiger charge is 2.39. The van der Waals surface area contributed by atoms with Crippen molar-refractivity contribution >= 4 is 6.03 Å². The predicted molar refractivity (Wildman–Crippen MR) is 37.7 cm³/mol. The molecule has 3 heteroatoms. The Hall–Kier alpha value is -0.730. The number of rotatable bonds is 0. The molecule has 2 atom stereocenters. The molecule has 56 valence electrons. The van der Waals surface area contributed by atoms with Gasteiger partial charge in [-0.1, -0.05) is 0 Å². The molecule has 2 heterocycles. The van der Waals surface area contributed by atoms with E-state index in [1.54, 1.807) is 0 Å². The molecule has 3 nitrogen and oxygen atoms in total. The van der Waals surface area contributed by atoms with Crippen molar-refractivity contribution in [1.29, 1.82) is 0 Å². The predicted octanol–water partition coefficient (Wildman–Crippen LogP) is 0.562. The van der Waals surface area contributed by atoms with Crippen LogP contribution in [0.4, 0.5) is 4.79 Å². The average molecular weight is 140 g/mol. The van der Waals surface area contributed by atoms with Crippen molar-refractivity contribution in [3.63, 3.8) is 0 Å². The normalized spacial score (nSPS) is 38.1. The van der Waals surface area contributed by atoms with Gasteiger partial charge in [-0.25, -0.2) is 4.79 Å². The topological polar surface area (TPSA) is 32.3 Å². The highest BCUT2D eigenvalue weighted by Crippen LogP contribution is 2.24. The number of nitrogens with zero attached hydrogens (tertiary/aromatic N) is 1. The lowest BCUT2D eigenvalue weighted by Crippen LogP contribution is -2.29. The monoisotopic (exact) mass is 140 g/mol. The summed E-state index contributed by atoms with van der Waals surface area (Å²) in [6.45, 7) is 3.04. The van der Waals surface area contributed by atoms with Crippen molar-refractivity contribution < 1.29 is 4.79 Å². The van der Waals surface area contributed by atoms with Gasteiger partial charge in [-0.3, -0.25) is 0 Å². The Morgan fingerprint density at radius 3 is 3.20 bits per heavy atom. The van der Waals surface area contributed by atoms with E-state index in [1.807, 2.05) is 4.90 Å². The molecule has 2 aliphatic heterocycles. The zero-order valence-corrected chi connectivity index (χ0v) is 6.13. The number of nitrogens with one attached hydrogen (secondary N) is 1. The highest BCUT2D eigenvalue weighted by molar-refractivity contribution is 5.77. The molecule has 0 aromatic rings. The molecule has 0 bridgehead atoms. The van der Waals surface area contributed by atoms with E-state index in [1.165, 1.54) is 12.8 Å². The fourth-order valence-electron chi connectivity index (χ4n) is 1.94. The number of hydrogen-bond acceptors (Lipinski definition) is 1. The van der Waals surface area contributed by atoms with Crippen LogP contribution in [0.5, 0.6) is 0 Å². The second kappa shape index (κ2) is 1.87. The SMILES string of the molecule is CC1NC(=O)N2CCCC12. The van der Waals surface area contributed by atoms with Crippen LogP contribution in [0.2, 0.25) is 0 Å². The van der Waals surface area contributed by atoms with Crippen molar-refractivity contribution in [2.24, 2.45) is 0 Å². The van der Waals surface area contributed by atoms with Crippen LogP contribution in [0.15, 0.2) is 0 Å². The molecule has 2 amide bonds. The molecule has 0 aromatic carbocycles. The molecule has 2 fully saturated rings. The maximum absolute atomic E-state index is 11.1. The summed E-state index contributed by atoms with van der Waals surface area (Å²) < 4.78 is 0. The minimum atomic E-state index is 0.134. The first-order valence-corrected chi connectivity index (χ1v) is 3.86. The summed E-state index contributed by atoms with van der Waals surface area (Å²) in [5.41, 5.74) is 0. The zero-order valence-electron chi connectivity index (χ0n) is 6.13. The lowest BCUT2D eigenvalue weighted by Gasteiger charge is -2.13. The summed E-state index contributed by atoms with van der Waals surface area (Å²) in [6.07, 6.45) is 2.36. The van der Waals surface area contributed by atoms with E-state index in [-0.39, 0.29) is 6.03 Å². The van der Waals surface area contributed by atoms with Crippen LogP contribution in [0.25, 0.3) is 0 Å². The van der Waals surface area contributed by atoms with Crippen LogP contribution >= 0.6 is 0 Å². The van der Waals surface area contributed by atoms with Gasteiger partial charge in [0.05, 0.1) is 6.04 Å². The van der Waals surface area contributed by atoms with Crippen molar-refractivity contribution in [2.75, 3.05) is 6.54 Å². The molecule has 2 aliphatic rings. The van der Waals surface area contributed by atoms with Crippen LogP contribution in [0, 0.1) is 0 Å². The second-order valence-corrected chi connectivity index (χ2v) is 3.14. The number of amides is 2. The average Bonchev–Trinajstić information content (AvgIpc) is 2.39. The zero-order chi connectivity index (χ0) is 7.14. The number of urea groups is 1. The second-order valence-electron chi connectivity index (χ2n) is 3.14. The third-order valence-corrected chi connectivity index (χ3v) is 2.49. The van der Waals surface area contributed by atoms with Gasteiger partial charge in [-0.15, -0.1) is 0 Å². The van der Waals surface area contributed by atoms with Gasteiger partial charge in [0.2, 0.25) is 0 Å². The molecule has 2 unspecified atom stereocenters. The van der Waals surface area contributed by atoms with Crippen molar-refractivity contribution in [1.82, 2.24) is 10.2 Å². The molecule has 10 heavy (non-hydrogen) atoms. The lowest BCUT2D eigenvalue weighted by molar-refractivity contribution is 0.216. The molecular formula is C7H12N2O. The maximum atomic E-state index is 11.1. The smallest absolute Gasteiger partial charge is 0.317 e. The van der Waals surface area contributed by atoms with Gasteiger partial charge in [0.25, 0.3) is 0 Å². The Balaban J connectivity index is 2.19. The third-order valence-electron chi connectivity index (χ3n) is 2.49. The summed E-state index contributed by atoms with van der Waals surface area (Å²) in [7, 11) is 0. The summed E-state index contributed by atoms with van der Waals surface area (Å²) in [4.78, 5) is 13.0. The summed E-state index contributed by atoms with van der Waals surface area (Å²) in [5.74, 6) is 0. The minimum absolute atomic E-state index is 0.134. The number of carbonyl (C=O) groups excluding carboxylic acids is 1. The van der Waals surface area contributed by atoms with Crippen molar-refractivity contribution in [3.8, 4) is 0 Å². The Kier molecular flexibility index (Phi) is 1.13. The first kappa shape index (κ1) is 6.01. The van der Waals surface area contributed by atoms with E-state index in [2.05, 4.69) is 12.2 Å². The van der Waals surface area contributed by atoms with Crippen LogP contribution in [-0.4, -0.2) is 29.6 Å². The van der Waals surface area contributed by atoms with Crippen LogP contribution in [0.3, 0.4) is 0 Å². The van der Waals surface area contributed by atoms with Gasteiger partial charge in [0.1, 0.15) is 0 Å². The quantitative estimate of drug-likeness (QED) is 0.524. The van der Waals surface area contributed by atoms with Crippen LogP contribution in [-0.2, 0) is 0 Å².